The number of pyridine rings is 1. The van der Waals surface area contributed by atoms with Crippen LogP contribution in [-0.4, -0.2) is 67.1 Å². The van der Waals surface area contributed by atoms with Crippen LogP contribution < -0.4 is 9.64 Å². The van der Waals surface area contributed by atoms with Crippen LogP contribution in [0.2, 0.25) is 0 Å². The summed E-state index contributed by atoms with van der Waals surface area (Å²) in [6.07, 6.45) is -2.63. The molecule has 1 aliphatic rings. The number of hydrogen-bond acceptors (Lipinski definition) is 5. The molecule has 1 amide bonds. The van der Waals surface area contributed by atoms with Crippen LogP contribution in [0.25, 0.3) is 0 Å². The van der Waals surface area contributed by atoms with Crippen LogP contribution in [0.3, 0.4) is 0 Å². The third-order valence-corrected chi connectivity index (χ3v) is 6.21. The van der Waals surface area contributed by atoms with E-state index in [0.29, 0.717) is 50.6 Å². The summed E-state index contributed by atoms with van der Waals surface area (Å²) in [5.74, 6) is 1.45. The average molecular weight is 499 g/mol. The number of halogens is 3. The summed E-state index contributed by atoms with van der Waals surface area (Å²) >= 11 is 0. The van der Waals surface area contributed by atoms with Gasteiger partial charge in [-0.1, -0.05) is 24.3 Å². The molecule has 1 aromatic heterocycles. The van der Waals surface area contributed by atoms with Gasteiger partial charge in [0.1, 0.15) is 18.2 Å². The molecule has 3 aromatic rings. The van der Waals surface area contributed by atoms with E-state index in [2.05, 4.69) is 4.98 Å². The topological polar surface area (TPSA) is 48.9 Å². The molecule has 4 rings (SSSR count). The van der Waals surface area contributed by atoms with Gasteiger partial charge in [0.25, 0.3) is 5.91 Å². The highest BCUT2D eigenvalue weighted by molar-refractivity contribution is 5.94. The highest BCUT2D eigenvalue weighted by Gasteiger charge is 2.33. The average Bonchev–Trinajstić information content (AvgIpc) is 2.89. The molecule has 2 aromatic carbocycles. The fourth-order valence-electron chi connectivity index (χ4n) is 4.16. The normalized spacial score (nSPS) is 14.5. The lowest BCUT2D eigenvalue weighted by molar-refractivity contribution is -0.138. The molecule has 1 fully saturated rings. The number of ether oxygens (including phenoxy) is 1. The Morgan fingerprint density at radius 1 is 0.972 bits per heavy atom. The van der Waals surface area contributed by atoms with E-state index in [0.717, 1.165) is 11.9 Å². The van der Waals surface area contributed by atoms with Crippen molar-refractivity contribution in [3.8, 4) is 5.75 Å². The zero-order chi connectivity index (χ0) is 25.5. The zero-order valence-corrected chi connectivity index (χ0v) is 20.1. The summed E-state index contributed by atoms with van der Waals surface area (Å²) < 4.78 is 45.6. The van der Waals surface area contributed by atoms with Gasteiger partial charge >= 0.3 is 6.18 Å². The van der Waals surface area contributed by atoms with Gasteiger partial charge in [0.05, 0.1) is 12.1 Å². The first-order chi connectivity index (χ1) is 17.3. The van der Waals surface area contributed by atoms with Crippen molar-refractivity contribution >= 4 is 11.7 Å². The number of benzene rings is 2. The first-order valence-corrected chi connectivity index (χ1v) is 11.8. The Labute approximate surface area is 208 Å². The van der Waals surface area contributed by atoms with E-state index in [4.69, 9.17) is 4.74 Å². The van der Waals surface area contributed by atoms with Crippen molar-refractivity contribution in [2.24, 2.45) is 0 Å². The summed E-state index contributed by atoms with van der Waals surface area (Å²) in [4.78, 5) is 22.9. The van der Waals surface area contributed by atoms with Gasteiger partial charge in [0.15, 0.2) is 0 Å². The molecule has 36 heavy (non-hydrogen) atoms. The van der Waals surface area contributed by atoms with Crippen molar-refractivity contribution < 1.29 is 22.7 Å². The second-order valence-corrected chi connectivity index (χ2v) is 8.71. The highest BCUT2D eigenvalue weighted by atomic mass is 19.4. The molecule has 190 valence electrons. The molecule has 1 saturated heterocycles. The molecular formula is C27H29F3N4O2. The summed E-state index contributed by atoms with van der Waals surface area (Å²) in [6.45, 7) is 3.30. The lowest BCUT2D eigenvalue weighted by Crippen LogP contribution is -2.48. The van der Waals surface area contributed by atoms with Crippen molar-refractivity contribution in [3.63, 3.8) is 0 Å². The Morgan fingerprint density at radius 2 is 1.67 bits per heavy atom. The molecule has 0 unspecified atom stereocenters. The summed E-state index contributed by atoms with van der Waals surface area (Å²) in [5.41, 5.74) is 0.213. The third kappa shape index (κ3) is 6.54. The molecule has 0 atom stereocenters. The van der Waals surface area contributed by atoms with Gasteiger partial charge in [0.2, 0.25) is 0 Å². The van der Waals surface area contributed by atoms with Gasteiger partial charge in [-0.3, -0.25) is 9.69 Å². The Balaban J connectivity index is 1.25. The number of likely N-dealkylation sites (N-methyl/N-ethyl adjacent to an activating group) is 1. The quantitative estimate of drug-likeness (QED) is 0.455. The molecule has 9 heteroatoms. The first-order valence-electron chi connectivity index (χ1n) is 11.8. The molecule has 0 N–H and O–H groups in total. The maximum absolute atomic E-state index is 13.3. The Bertz CT molecular complexity index is 1130. The minimum atomic E-state index is -4.38. The van der Waals surface area contributed by atoms with Crippen LogP contribution in [0, 0.1) is 0 Å². The van der Waals surface area contributed by atoms with Crippen molar-refractivity contribution in [2.45, 2.75) is 12.7 Å². The van der Waals surface area contributed by atoms with Crippen molar-refractivity contribution in [2.75, 3.05) is 51.3 Å². The summed E-state index contributed by atoms with van der Waals surface area (Å²) in [7, 11) is 1.95. The molecule has 2 heterocycles. The van der Waals surface area contributed by atoms with Crippen LogP contribution in [0.1, 0.15) is 21.5 Å². The monoisotopic (exact) mass is 498 g/mol. The Morgan fingerprint density at radius 3 is 2.33 bits per heavy atom. The number of aromatic nitrogens is 1. The standard InChI is InChI=1S/C27H29F3N4O2/c1-32(25-8-4-5-13-31-25)18-19-36-23-11-9-21(10-12-23)26(35)34-16-14-33(15-17-34)20-22-6-2-3-7-24(22)27(28,29)30/h2-13H,14-20H2,1H3. The first kappa shape index (κ1) is 25.5. The van der Waals surface area contributed by atoms with Gasteiger partial charge in [-0.05, 0) is 48.0 Å². The third-order valence-electron chi connectivity index (χ3n) is 6.21. The van der Waals surface area contributed by atoms with E-state index in [1.165, 1.54) is 12.1 Å². The minimum absolute atomic E-state index is 0.0909. The fourth-order valence-corrected chi connectivity index (χ4v) is 4.16. The lowest BCUT2D eigenvalue weighted by atomic mass is 10.1. The minimum Gasteiger partial charge on any atom is -0.492 e. The smallest absolute Gasteiger partial charge is 0.416 e. The Hall–Kier alpha value is -3.59. The number of anilines is 1. The molecule has 1 aliphatic heterocycles. The van der Waals surface area contributed by atoms with E-state index < -0.39 is 11.7 Å². The van der Waals surface area contributed by atoms with E-state index in [-0.39, 0.29) is 18.0 Å². The maximum atomic E-state index is 13.3. The predicted octanol–water partition coefficient (Wildman–Crippen LogP) is 4.57. The van der Waals surface area contributed by atoms with Crippen LogP contribution in [-0.2, 0) is 12.7 Å². The lowest BCUT2D eigenvalue weighted by Gasteiger charge is -2.35. The number of amides is 1. The van der Waals surface area contributed by atoms with Crippen molar-refractivity contribution in [1.29, 1.82) is 0 Å². The van der Waals surface area contributed by atoms with E-state index >= 15 is 0 Å². The zero-order valence-electron chi connectivity index (χ0n) is 20.1. The van der Waals surface area contributed by atoms with Gasteiger partial charge < -0.3 is 14.5 Å². The van der Waals surface area contributed by atoms with Crippen LogP contribution in [0.4, 0.5) is 19.0 Å². The number of alkyl halides is 3. The molecule has 0 aliphatic carbocycles. The fraction of sp³-hybridized carbons (Fsp3) is 0.333. The highest BCUT2D eigenvalue weighted by Crippen LogP contribution is 2.32. The largest absolute Gasteiger partial charge is 0.492 e. The SMILES string of the molecule is CN(CCOc1ccc(C(=O)N2CCN(Cc3ccccc3C(F)(F)F)CC2)cc1)c1ccccn1. The van der Waals surface area contributed by atoms with Crippen molar-refractivity contribution in [1.82, 2.24) is 14.8 Å². The summed E-state index contributed by atoms with van der Waals surface area (Å²) in [6, 6.07) is 18.4. The Kier molecular flexibility index (Phi) is 8.10. The summed E-state index contributed by atoms with van der Waals surface area (Å²) in [5, 5.41) is 0. The second-order valence-electron chi connectivity index (χ2n) is 8.71. The van der Waals surface area contributed by atoms with Gasteiger partial charge in [-0.15, -0.1) is 0 Å². The van der Waals surface area contributed by atoms with Gasteiger partial charge in [-0.2, -0.15) is 13.2 Å². The molecule has 0 saturated carbocycles. The second kappa shape index (κ2) is 11.4. The van der Waals surface area contributed by atoms with Crippen LogP contribution >= 0.6 is 0 Å². The molecular weight excluding hydrogens is 469 g/mol. The number of nitrogens with zero attached hydrogens (tertiary/aromatic N) is 4. The number of hydrogen-bond donors (Lipinski definition) is 0. The van der Waals surface area contributed by atoms with E-state index in [1.807, 2.05) is 35.0 Å². The molecule has 0 bridgehead atoms. The van der Waals surface area contributed by atoms with Crippen LogP contribution in [0.5, 0.6) is 5.75 Å². The maximum Gasteiger partial charge on any atom is 0.416 e. The molecule has 0 spiro atoms. The number of carbonyl (C=O) groups excluding carboxylic acids is 1. The number of piperazine rings is 1. The molecule has 6 nitrogen and oxygen atoms in total. The van der Waals surface area contributed by atoms with Crippen LogP contribution in [0.15, 0.2) is 72.9 Å². The van der Waals surface area contributed by atoms with E-state index in [9.17, 15) is 18.0 Å². The van der Waals surface area contributed by atoms with Crippen molar-refractivity contribution in [3.05, 3.63) is 89.6 Å². The molecule has 0 radical (unpaired) electrons. The van der Waals surface area contributed by atoms with Gasteiger partial charge in [-0.25, -0.2) is 4.98 Å². The van der Waals surface area contributed by atoms with E-state index in [1.54, 1.807) is 41.4 Å². The predicted molar refractivity (Wildman–Crippen MR) is 132 cm³/mol. The number of rotatable bonds is 8. The number of carbonyl (C=O) groups is 1. The van der Waals surface area contributed by atoms with Gasteiger partial charge in [0, 0.05) is 51.5 Å².